The Labute approximate surface area is 164 Å². The number of carbonyl (C=O) groups excluding carboxylic acids is 1. The van der Waals surface area contributed by atoms with Crippen molar-refractivity contribution in [1.82, 2.24) is 5.32 Å². The van der Waals surface area contributed by atoms with Crippen LogP contribution in [0.1, 0.15) is 26.1 Å². The topological polar surface area (TPSA) is 38.3 Å². The molecule has 2 aromatic carbocycles. The van der Waals surface area contributed by atoms with E-state index >= 15 is 0 Å². The van der Waals surface area contributed by atoms with Gasteiger partial charge in [-0.05, 0) is 35.4 Å². The van der Waals surface area contributed by atoms with Crippen LogP contribution in [-0.4, -0.2) is 30.2 Å². The van der Waals surface area contributed by atoms with E-state index in [1.165, 1.54) is 17.7 Å². The van der Waals surface area contributed by atoms with Gasteiger partial charge in [0, 0.05) is 23.6 Å². The molecule has 2 aromatic rings. The number of ether oxygens (including phenoxy) is 1. The second-order valence-corrected chi connectivity index (χ2v) is 8.65. The highest BCUT2D eigenvalue weighted by molar-refractivity contribution is 8.19. The van der Waals surface area contributed by atoms with Crippen molar-refractivity contribution in [2.75, 3.05) is 18.1 Å². The molecule has 1 heterocycles. The average molecular weight is 413 g/mol. The zero-order valence-electron chi connectivity index (χ0n) is 14.3. The Morgan fingerprint density at radius 1 is 1.04 bits per heavy atom. The number of alkyl halides is 3. The number of hydrogen-bond donors (Lipinski definition) is 1. The van der Waals surface area contributed by atoms with E-state index < -0.39 is 12.8 Å². The number of nitrogens with one attached hydrogen (secondary N) is 1. The van der Waals surface area contributed by atoms with Crippen molar-refractivity contribution in [3.05, 3.63) is 65.2 Å². The monoisotopic (exact) mass is 413 g/mol. The van der Waals surface area contributed by atoms with Gasteiger partial charge in [-0.15, -0.1) is 23.5 Å². The molecule has 0 aromatic heterocycles. The number of carbonyl (C=O) groups is 1. The van der Waals surface area contributed by atoms with Crippen molar-refractivity contribution in [2.45, 2.75) is 17.3 Å². The summed E-state index contributed by atoms with van der Waals surface area (Å²) in [5.74, 6) is 2.25. The van der Waals surface area contributed by atoms with Crippen LogP contribution in [0.2, 0.25) is 0 Å². The summed E-state index contributed by atoms with van der Waals surface area (Å²) in [5.41, 5.74) is 2.57. The highest BCUT2D eigenvalue weighted by Gasteiger charge is 2.28. The van der Waals surface area contributed by atoms with Crippen LogP contribution in [0.15, 0.2) is 48.5 Å². The van der Waals surface area contributed by atoms with Crippen molar-refractivity contribution in [3.8, 4) is 5.75 Å². The molecule has 0 atom stereocenters. The predicted octanol–water partition coefficient (Wildman–Crippen LogP) is 5.04. The lowest BCUT2D eigenvalue weighted by Gasteiger charge is -2.11. The van der Waals surface area contributed by atoms with Crippen LogP contribution in [0.4, 0.5) is 13.2 Å². The lowest BCUT2D eigenvalue weighted by atomic mass is 10.1. The molecule has 27 heavy (non-hydrogen) atoms. The van der Waals surface area contributed by atoms with E-state index in [1.54, 1.807) is 12.1 Å². The first-order valence-corrected chi connectivity index (χ1v) is 10.4. The minimum atomic E-state index is -4.36. The fourth-order valence-corrected chi connectivity index (χ4v) is 5.35. The summed E-state index contributed by atoms with van der Waals surface area (Å²) in [6.45, 7) is -1.04. The number of thioether (sulfide) groups is 2. The lowest BCUT2D eigenvalue weighted by Crippen LogP contribution is -2.22. The summed E-state index contributed by atoms with van der Waals surface area (Å²) < 4.78 is 41.5. The van der Waals surface area contributed by atoms with Gasteiger partial charge in [0.1, 0.15) is 5.75 Å². The van der Waals surface area contributed by atoms with Crippen molar-refractivity contribution < 1.29 is 22.7 Å². The molecule has 3 rings (SSSR count). The molecule has 1 saturated heterocycles. The third-order valence-corrected chi connectivity index (χ3v) is 6.95. The molecular formula is C19H18F3NO2S2. The Balaban J connectivity index is 1.49. The minimum Gasteiger partial charge on any atom is -0.484 e. The molecule has 0 spiro atoms. The number of rotatable bonds is 6. The summed E-state index contributed by atoms with van der Waals surface area (Å²) in [7, 11) is 0. The Hall–Kier alpha value is -1.80. The lowest BCUT2D eigenvalue weighted by molar-refractivity contribution is -0.153. The van der Waals surface area contributed by atoms with E-state index in [0.29, 0.717) is 10.1 Å². The second kappa shape index (κ2) is 8.93. The summed E-state index contributed by atoms with van der Waals surface area (Å²) in [6.07, 6.45) is -4.36. The van der Waals surface area contributed by atoms with Crippen LogP contribution in [0, 0.1) is 0 Å². The molecule has 1 N–H and O–H groups in total. The molecule has 1 fully saturated rings. The van der Waals surface area contributed by atoms with Crippen molar-refractivity contribution in [1.29, 1.82) is 0 Å². The number of amides is 1. The first-order valence-electron chi connectivity index (χ1n) is 8.30. The molecule has 1 aliphatic rings. The molecule has 0 saturated carbocycles. The molecule has 1 amide bonds. The number of benzene rings is 2. The standard InChI is InChI=1S/C19H18F3NO2S2/c20-19(21,22)12-25-16-7-1-13(2-8-16)11-23-17(24)14-3-5-15(6-4-14)18-26-9-10-27-18/h1-8,18H,9-12H2,(H,23,24). The normalized spacial score (nSPS) is 14.9. The number of halogens is 3. The minimum absolute atomic E-state index is 0.139. The van der Waals surface area contributed by atoms with Crippen LogP contribution >= 0.6 is 23.5 Å². The first kappa shape index (κ1) is 19.9. The summed E-state index contributed by atoms with van der Waals surface area (Å²) in [4.78, 5) is 12.3. The van der Waals surface area contributed by atoms with Crippen LogP contribution in [0.5, 0.6) is 5.75 Å². The van der Waals surface area contributed by atoms with Crippen LogP contribution in [0.25, 0.3) is 0 Å². The summed E-state index contributed by atoms with van der Waals surface area (Å²) >= 11 is 3.83. The molecular weight excluding hydrogens is 395 g/mol. The van der Waals surface area contributed by atoms with Gasteiger partial charge >= 0.3 is 6.18 Å². The fourth-order valence-electron chi connectivity index (χ4n) is 2.50. The van der Waals surface area contributed by atoms with Gasteiger partial charge < -0.3 is 10.1 Å². The van der Waals surface area contributed by atoms with Crippen molar-refractivity contribution in [3.63, 3.8) is 0 Å². The van der Waals surface area contributed by atoms with E-state index in [9.17, 15) is 18.0 Å². The maximum absolute atomic E-state index is 12.3. The quantitative estimate of drug-likeness (QED) is 0.720. The average Bonchev–Trinajstić information content (AvgIpc) is 3.19. The third kappa shape index (κ3) is 6.10. The van der Waals surface area contributed by atoms with Crippen LogP contribution < -0.4 is 10.1 Å². The Morgan fingerprint density at radius 2 is 1.67 bits per heavy atom. The Kier molecular flexibility index (Phi) is 6.59. The smallest absolute Gasteiger partial charge is 0.422 e. The van der Waals surface area contributed by atoms with Gasteiger partial charge in [0.25, 0.3) is 5.91 Å². The van der Waals surface area contributed by atoms with E-state index in [-0.39, 0.29) is 18.2 Å². The van der Waals surface area contributed by atoms with Gasteiger partial charge in [0.05, 0.1) is 4.58 Å². The van der Waals surface area contributed by atoms with Gasteiger partial charge in [-0.1, -0.05) is 24.3 Å². The Morgan fingerprint density at radius 3 is 2.26 bits per heavy atom. The molecule has 144 valence electrons. The zero-order valence-corrected chi connectivity index (χ0v) is 15.9. The van der Waals surface area contributed by atoms with E-state index in [0.717, 1.165) is 17.1 Å². The highest BCUT2D eigenvalue weighted by Crippen LogP contribution is 2.45. The molecule has 8 heteroatoms. The molecule has 0 unspecified atom stereocenters. The van der Waals surface area contributed by atoms with Gasteiger partial charge in [-0.25, -0.2) is 0 Å². The van der Waals surface area contributed by atoms with Crippen LogP contribution in [-0.2, 0) is 6.54 Å². The van der Waals surface area contributed by atoms with Gasteiger partial charge in [0.15, 0.2) is 6.61 Å². The van der Waals surface area contributed by atoms with Crippen molar-refractivity contribution >= 4 is 29.4 Å². The third-order valence-electron chi connectivity index (χ3n) is 3.85. The zero-order chi connectivity index (χ0) is 19.3. The predicted molar refractivity (Wildman–Crippen MR) is 103 cm³/mol. The van der Waals surface area contributed by atoms with Gasteiger partial charge in [-0.2, -0.15) is 13.2 Å². The maximum atomic E-state index is 12.3. The SMILES string of the molecule is O=C(NCc1ccc(OCC(F)(F)F)cc1)c1ccc(C2SCCS2)cc1. The van der Waals surface area contributed by atoms with Gasteiger partial charge in [0.2, 0.25) is 0 Å². The molecule has 0 aliphatic carbocycles. The van der Waals surface area contributed by atoms with E-state index in [2.05, 4.69) is 10.1 Å². The molecule has 0 bridgehead atoms. The first-order chi connectivity index (χ1) is 12.9. The van der Waals surface area contributed by atoms with Crippen molar-refractivity contribution in [2.24, 2.45) is 0 Å². The summed E-state index contributed by atoms with van der Waals surface area (Å²) in [5, 5.41) is 2.81. The van der Waals surface area contributed by atoms with E-state index in [1.807, 2.05) is 47.8 Å². The Bertz CT molecular complexity index is 758. The molecule has 1 aliphatic heterocycles. The van der Waals surface area contributed by atoms with Gasteiger partial charge in [-0.3, -0.25) is 4.79 Å². The van der Waals surface area contributed by atoms with E-state index in [4.69, 9.17) is 0 Å². The maximum Gasteiger partial charge on any atom is 0.422 e. The number of hydrogen-bond acceptors (Lipinski definition) is 4. The fraction of sp³-hybridized carbons (Fsp3) is 0.316. The summed E-state index contributed by atoms with van der Waals surface area (Å²) in [6, 6.07) is 13.8. The molecule has 3 nitrogen and oxygen atoms in total. The second-order valence-electron chi connectivity index (χ2n) is 5.93. The largest absolute Gasteiger partial charge is 0.484 e. The highest BCUT2D eigenvalue weighted by atomic mass is 32.2. The van der Waals surface area contributed by atoms with Crippen LogP contribution in [0.3, 0.4) is 0 Å². The molecule has 0 radical (unpaired) electrons.